The van der Waals surface area contributed by atoms with E-state index in [0.717, 1.165) is 67.8 Å². The van der Waals surface area contributed by atoms with Gasteiger partial charge in [-0.25, -0.2) is 0 Å². The van der Waals surface area contributed by atoms with Crippen LogP contribution in [0.15, 0.2) is 24.0 Å². The van der Waals surface area contributed by atoms with E-state index >= 15 is 0 Å². The topological polar surface area (TPSA) is 103 Å². The molecule has 3 aliphatic rings. The molecule has 0 unspecified atom stereocenters. The van der Waals surface area contributed by atoms with Crippen LogP contribution >= 0.6 is 0 Å². The van der Waals surface area contributed by atoms with Crippen LogP contribution in [0.3, 0.4) is 0 Å². The van der Waals surface area contributed by atoms with Gasteiger partial charge in [-0.2, -0.15) is 0 Å². The summed E-state index contributed by atoms with van der Waals surface area (Å²) in [6.07, 6.45) is 9.05. The highest BCUT2D eigenvalue weighted by Crippen LogP contribution is 2.47. The number of carbonyl (C=O) groups excluding carboxylic acids is 2. The fourth-order valence-electron chi connectivity index (χ4n) is 6.60. The van der Waals surface area contributed by atoms with Crippen LogP contribution < -0.4 is 16.0 Å². The maximum atomic E-state index is 13.8. The zero-order valence-corrected chi connectivity index (χ0v) is 23.3. The van der Waals surface area contributed by atoms with Crippen LogP contribution in [0.4, 0.5) is 0 Å². The molecule has 3 atom stereocenters. The van der Waals surface area contributed by atoms with Crippen molar-refractivity contribution in [1.29, 1.82) is 0 Å². The van der Waals surface area contributed by atoms with E-state index in [1.165, 1.54) is 7.11 Å². The quantitative estimate of drug-likeness (QED) is 0.306. The van der Waals surface area contributed by atoms with Gasteiger partial charge in [-0.15, -0.1) is 0 Å². The number of carbonyl (C=O) groups is 2. The number of ketones is 1. The van der Waals surface area contributed by atoms with Crippen molar-refractivity contribution in [2.75, 3.05) is 7.11 Å². The zero-order chi connectivity index (χ0) is 27.7. The Morgan fingerprint density at radius 3 is 2.49 bits per heavy atom. The van der Waals surface area contributed by atoms with Crippen LogP contribution in [0.1, 0.15) is 75.7 Å². The molecule has 1 fully saturated rings. The Balaban J connectivity index is 1.73. The van der Waals surface area contributed by atoms with Gasteiger partial charge in [0.15, 0.2) is 5.78 Å². The minimum Gasteiger partial charge on any atom is -0.468 e. The zero-order valence-electron chi connectivity index (χ0n) is 23.3. The minimum absolute atomic E-state index is 0.109. The second kappa shape index (κ2) is 8.90. The third-order valence-electron chi connectivity index (χ3n) is 8.80. The van der Waals surface area contributed by atoms with Crippen molar-refractivity contribution in [3.8, 4) is 0 Å². The number of ether oxygens (including phenoxy) is 1. The third kappa shape index (κ3) is 3.56. The Labute approximate surface area is 227 Å². The molecule has 200 valence electrons. The maximum absolute atomic E-state index is 13.8. The molecular formula is C32H34N4O3. The molecule has 7 nitrogen and oxygen atoms in total. The summed E-state index contributed by atoms with van der Waals surface area (Å²) >= 11 is 0. The molecule has 0 spiro atoms. The maximum Gasteiger partial charge on any atom is 0.321 e. The summed E-state index contributed by atoms with van der Waals surface area (Å²) in [6, 6.07) is 2.10. The van der Waals surface area contributed by atoms with E-state index in [-0.39, 0.29) is 17.6 Å². The van der Waals surface area contributed by atoms with Gasteiger partial charge in [0.2, 0.25) is 0 Å². The summed E-state index contributed by atoms with van der Waals surface area (Å²) in [7, 11) is 1.34. The van der Waals surface area contributed by atoms with Crippen molar-refractivity contribution in [3.63, 3.8) is 0 Å². The molecule has 4 N–H and O–H groups in total. The first-order chi connectivity index (χ1) is 18.7. The molecule has 0 amide bonds. The van der Waals surface area contributed by atoms with Gasteiger partial charge in [0.05, 0.1) is 12.8 Å². The molecule has 8 bridgehead atoms. The predicted molar refractivity (Wildman–Crippen MR) is 154 cm³/mol. The summed E-state index contributed by atoms with van der Waals surface area (Å²) in [4.78, 5) is 37.5. The highest BCUT2D eigenvalue weighted by molar-refractivity contribution is 6.24. The number of Topliss-reactive ketones (excluding diaryl/α,β-unsaturated/α-hetero) is 1. The summed E-state index contributed by atoms with van der Waals surface area (Å²) < 4.78 is 5.15. The number of aromatic amines is 3. The van der Waals surface area contributed by atoms with Gasteiger partial charge in [-0.1, -0.05) is 26.5 Å². The molecule has 3 aromatic rings. The van der Waals surface area contributed by atoms with Crippen molar-refractivity contribution in [3.05, 3.63) is 85.3 Å². The Bertz CT molecular complexity index is 1770. The predicted octanol–water partition coefficient (Wildman–Crippen LogP) is 4.21. The van der Waals surface area contributed by atoms with Crippen molar-refractivity contribution in [2.45, 2.75) is 41.0 Å². The number of aryl methyl sites for hydroxylation is 1. The molecule has 0 aromatic carbocycles. The number of aromatic nitrogens is 3. The molecule has 5 heterocycles. The lowest BCUT2D eigenvalue weighted by atomic mass is 9.86. The molecule has 7 heteroatoms. The smallest absolute Gasteiger partial charge is 0.321 e. The Hall–Kier alpha value is -4.26. The van der Waals surface area contributed by atoms with Crippen LogP contribution in [-0.2, 0) is 9.53 Å². The third-order valence-corrected chi connectivity index (χ3v) is 8.80. The van der Waals surface area contributed by atoms with E-state index in [0.29, 0.717) is 16.8 Å². The average Bonchev–Trinajstić information content (AvgIpc) is 3.65. The van der Waals surface area contributed by atoms with Crippen LogP contribution in [0.2, 0.25) is 0 Å². The molecule has 1 saturated heterocycles. The van der Waals surface area contributed by atoms with Gasteiger partial charge in [-0.3, -0.25) is 9.59 Å². The Morgan fingerprint density at radius 2 is 1.79 bits per heavy atom. The standard InChI is InChI=1S/C32H34N4O3/c1-8-19-15(4)23-13-24-16(5)20(9-2)29(35-24)27-28(32(38)39-7)31(37)26-17(6)22(36-30(26)27)11-18-10-14(3)21(33-18)12-25(19)34-23/h8,10-13,16,20,28,33-36H,1,9H2,2-7H3/b18-11-,21-12-,24-13-,29-27-/t16-,20-,28+/m0/s1. The number of rotatable bonds is 3. The van der Waals surface area contributed by atoms with Gasteiger partial charge in [0, 0.05) is 67.7 Å². The summed E-state index contributed by atoms with van der Waals surface area (Å²) in [5, 5.41) is 5.59. The second-order valence-corrected chi connectivity index (χ2v) is 10.9. The number of nitrogens with one attached hydrogen (secondary N) is 4. The monoisotopic (exact) mass is 522 g/mol. The van der Waals surface area contributed by atoms with Gasteiger partial charge in [0.25, 0.3) is 0 Å². The highest BCUT2D eigenvalue weighted by atomic mass is 16.5. The van der Waals surface area contributed by atoms with E-state index in [9.17, 15) is 9.59 Å². The molecule has 39 heavy (non-hydrogen) atoms. The SMILES string of the molecule is C=Cc1c2[nH]c(c1C)/C=C1\N/C(=C3\c4[nH]c(c(C)c4C(=O)[C@@H]3C(=O)OC)/C=c3/cc(C)/c([nH]3)=C/2)[C@@H](CC)[C@@H]1C. The number of methoxy groups -OCH3 is 1. The number of fused-ring (bicyclic) bond motifs is 7. The van der Waals surface area contributed by atoms with Crippen molar-refractivity contribution in [2.24, 2.45) is 17.8 Å². The lowest BCUT2D eigenvalue weighted by Crippen LogP contribution is -2.25. The molecular weight excluding hydrogens is 488 g/mol. The largest absolute Gasteiger partial charge is 0.468 e. The first kappa shape index (κ1) is 25.0. The lowest BCUT2D eigenvalue weighted by molar-refractivity contribution is -0.141. The Morgan fingerprint density at radius 1 is 1.05 bits per heavy atom. The first-order valence-corrected chi connectivity index (χ1v) is 13.5. The van der Waals surface area contributed by atoms with Gasteiger partial charge >= 0.3 is 5.97 Å². The van der Waals surface area contributed by atoms with E-state index in [1.54, 1.807) is 0 Å². The van der Waals surface area contributed by atoms with Crippen LogP contribution in [0, 0.1) is 38.5 Å². The number of hydrogen-bond acceptors (Lipinski definition) is 4. The molecule has 6 rings (SSSR count). The van der Waals surface area contributed by atoms with Gasteiger partial charge < -0.3 is 25.0 Å². The first-order valence-electron chi connectivity index (χ1n) is 13.5. The highest BCUT2D eigenvalue weighted by Gasteiger charge is 2.48. The van der Waals surface area contributed by atoms with Crippen LogP contribution in [0.25, 0.3) is 29.9 Å². The normalized spacial score (nSPS) is 26.3. The molecule has 0 saturated carbocycles. The fraction of sp³-hybridized carbons (Fsp3) is 0.312. The number of allylic oxidation sites excluding steroid dienone is 2. The van der Waals surface area contributed by atoms with Crippen LogP contribution in [-0.4, -0.2) is 33.8 Å². The summed E-state index contributed by atoms with van der Waals surface area (Å²) in [6.45, 7) is 14.5. The minimum atomic E-state index is -0.994. The van der Waals surface area contributed by atoms with Crippen molar-refractivity contribution < 1.29 is 14.3 Å². The molecule has 0 radical (unpaired) electrons. The second-order valence-electron chi connectivity index (χ2n) is 10.9. The van der Waals surface area contributed by atoms with E-state index < -0.39 is 11.9 Å². The Kier molecular flexibility index (Phi) is 5.72. The number of H-pyrrole nitrogens is 3. The van der Waals surface area contributed by atoms with Crippen molar-refractivity contribution in [1.82, 2.24) is 20.3 Å². The fourth-order valence-corrected chi connectivity index (χ4v) is 6.60. The average molecular weight is 523 g/mol. The van der Waals surface area contributed by atoms with E-state index in [4.69, 9.17) is 4.74 Å². The van der Waals surface area contributed by atoms with Crippen molar-refractivity contribution >= 4 is 41.6 Å². The van der Waals surface area contributed by atoms with Gasteiger partial charge in [-0.05, 0) is 68.2 Å². The summed E-state index contributed by atoms with van der Waals surface area (Å²) in [5.74, 6) is -1.48. The number of hydrogen-bond donors (Lipinski definition) is 4. The molecule has 1 aliphatic carbocycles. The lowest BCUT2D eigenvalue weighted by Gasteiger charge is -2.18. The van der Waals surface area contributed by atoms with Crippen LogP contribution in [0.5, 0.6) is 0 Å². The van der Waals surface area contributed by atoms with Gasteiger partial charge in [0.1, 0.15) is 5.92 Å². The molecule has 2 aliphatic heterocycles. The summed E-state index contributed by atoms with van der Waals surface area (Å²) in [5.41, 5.74) is 10.9. The van der Waals surface area contributed by atoms with E-state index in [1.807, 2.05) is 19.1 Å². The molecule has 3 aromatic heterocycles. The van der Waals surface area contributed by atoms with E-state index in [2.05, 4.69) is 72.8 Å². The number of esters is 1.